The van der Waals surface area contributed by atoms with Gasteiger partial charge in [-0.1, -0.05) is 0 Å². The molecule has 0 radical (unpaired) electrons. The summed E-state index contributed by atoms with van der Waals surface area (Å²) in [7, 11) is -2.64. The molecule has 2 N–H and O–H groups in total. The Morgan fingerprint density at radius 3 is 2.38 bits per heavy atom. The predicted octanol–water partition coefficient (Wildman–Crippen LogP) is 3.16. The van der Waals surface area contributed by atoms with Crippen molar-refractivity contribution in [3.63, 3.8) is 0 Å². The number of methoxy groups -OCH3 is 1. The topological polar surface area (TPSA) is 119 Å². The van der Waals surface area contributed by atoms with Gasteiger partial charge in [-0.2, -0.15) is 0 Å². The lowest BCUT2D eigenvalue weighted by atomic mass is 10.1. The molecule has 1 aromatic heterocycles. The third kappa shape index (κ3) is 3.77. The van der Waals surface area contributed by atoms with Crippen LogP contribution < -0.4 is 9.47 Å². The van der Waals surface area contributed by atoms with Gasteiger partial charge in [-0.05, 0) is 56.2 Å². The molecule has 1 unspecified atom stereocenters. The first-order chi connectivity index (χ1) is 13.6. The molecule has 8 nitrogen and oxygen atoms in total. The van der Waals surface area contributed by atoms with Crippen molar-refractivity contribution < 1.29 is 27.8 Å². The van der Waals surface area contributed by atoms with Crippen LogP contribution in [0, 0.1) is 13.8 Å². The zero-order chi connectivity index (χ0) is 21.5. The largest absolute Gasteiger partial charge is 0.495 e. The number of hydrogen-bond donors (Lipinski definition) is 3. The molecule has 0 aliphatic carbocycles. The summed E-state index contributed by atoms with van der Waals surface area (Å²) in [5.74, 6) is -0.679. The molecule has 0 fully saturated rings. The van der Waals surface area contributed by atoms with Crippen LogP contribution in [0.15, 0.2) is 39.2 Å². The summed E-state index contributed by atoms with van der Waals surface area (Å²) in [6.07, 6.45) is -1.07. The van der Waals surface area contributed by atoms with E-state index in [0.29, 0.717) is 16.6 Å². The van der Waals surface area contributed by atoms with Crippen LogP contribution in [0.25, 0.3) is 11.0 Å². The van der Waals surface area contributed by atoms with Crippen LogP contribution in [0.5, 0.6) is 11.5 Å². The molecule has 3 aromatic rings. The molecule has 0 aliphatic heterocycles. The number of aromatic nitrogens is 2. The lowest BCUT2D eigenvalue weighted by Gasteiger charge is -2.17. The Hall–Kier alpha value is -2.72. The molecule has 0 amide bonds. The number of rotatable bonds is 6. The van der Waals surface area contributed by atoms with Crippen molar-refractivity contribution in [2.24, 2.45) is 0 Å². The summed E-state index contributed by atoms with van der Waals surface area (Å²) in [5.41, 5.74) is 1.57. The molecule has 0 saturated carbocycles. The van der Waals surface area contributed by atoms with Crippen molar-refractivity contribution >= 4 is 39.5 Å². The second-order valence-corrected chi connectivity index (χ2v) is 8.79. The number of hydrogen-bond acceptors (Lipinski definition) is 7. The van der Waals surface area contributed by atoms with Gasteiger partial charge in [0.25, 0.3) is 0 Å². The van der Waals surface area contributed by atoms with E-state index in [0.717, 1.165) is 0 Å². The van der Waals surface area contributed by atoms with Gasteiger partial charge in [-0.3, -0.25) is 0 Å². The minimum atomic E-state index is -4.03. The first kappa shape index (κ1) is 21.0. The van der Waals surface area contributed by atoms with Gasteiger partial charge in [0.15, 0.2) is 11.3 Å². The van der Waals surface area contributed by atoms with E-state index in [9.17, 15) is 13.2 Å². The van der Waals surface area contributed by atoms with Crippen molar-refractivity contribution in [1.29, 1.82) is 0 Å². The van der Waals surface area contributed by atoms with Crippen molar-refractivity contribution in [2.45, 2.75) is 41.8 Å². The number of nitrogens with one attached hydrogen (secondary N) is 1. The first-order valence-corrected chi connectivity index (χ1v) is 10.5. The Bertz CT molecular complexity index is 1190. The molecule has 154 valence electrons. The SMILES string of the molecule is COc1ccc2[nH]c(S)nc2c1S(=O)(=O)c1c(C)cc(OC(C)C(=O)O)cc1C. The summed E-state index contributed by atoms with van der Waals surface area (Å²) in [4.78, 5) is 18.2. The molecule has 0 aliphatic rings. The molecule has 1 heterocycles. The van der Waals surface area contributed by atoms with Crippen LogP contribution in [0.1, 0.15) is 18.1 Å². The molecular formula is C19H20N2O6S2. The summed E-state index contributed by atoms with van der Waals surface area (Å²) in [6, 6.07) is 6.22. The zero-order valence-electron chi connectivity index (χ0n) is 16.2. The van der Waals surface area contributed by atoms with E-state index in [2.05, 4.69) is 22.6 Å². The average Bonchev–Trinajstić information content (AvgIpc) is 2.99. The number of carbonyl (C=O) groups is 1. The Kier molecular flexibility index (Phi) is 5.50. The fourth-order valence-corrected chi connectivity index (χ4v) is 5.41. The van der Waals surface area contributed by atoms with Gasteiger partial charge in [0, 0.05) is 0 Å². The summed E-state index contributed by atoms with van der Waals surface area (Å²) in [5, 5.41) is 9.31. The number of nitrogens with zero attached hydrogens (tertiary/aromatic N) is 1. The first-order valence-electron chi connectivity index (χ1n) is 8.57. The van der Waals surface area contributed by atoms with Crippen molar-refractivity contribution in [1.82, 2.24) is 9.97 Å². The van der Waals surface area contributed by atoms with Crippen molar-refractivity contribution in [3.8, 4) is 11.5 Å². The Labute approximate surface area is 173 Å². The zero-order valence-corrected chi connectivity index (χ0v) is 17.9. The average molecular weight is 437 g/mol. The highest BCUT2D eigenvalue weighted by Crippen LogP contribution is 2.38. The quantitative estimate of drug-likeness (QED) is 0.508. The van der Waals surface area contributed by atoms with E-state index in [-0.39, 0.29) is 32.0 Å². The van der Waals surface area contributed by atoms with Crippen LogP contribution in [-0.2, 0) is 14.6 Å². The number of fused-ring (bicyclic) bond motifs is 1. The highest BCUT2D eigenvalue weighted by atomic mass is 32.2. The second-order valence-electron chi connectivity index (χ2n) is 6.54. The highest BCUT2D eigenvalue weighted by Gasteiger charge is 2.30. The molecule has 3 rings (SSSR count). The maximum Gasteiger partial charge on any atom is 0.344 e. The van der Waals surface area contributed by atoms with E-state index in [4.69, 9.17) is 14.6 Å². The maximum atomic E-state index is 13.6. The van der Waals surface area contributed by atoms with E-state index >= 15 is 0 Å². The number of aromatic amines is 1. The predicted molar refractivity (Wildman–Crippen MR) is 109 cm³/mol. The van der Waals surface area contributed by atoms with E-state index in [1.165, 1.54) is 26.2 Å². The van der Waals surface area contributed by atoms with Crippen molar-refractivity contribution in [2.75, 3.05) is 7.11 Å². The van der Waals surface area contributed by atoms with E-state index in [1.807, 2.05) is 0 Å². The summed E-state index contributed by atoms with van der Waals surface area (Å²) < 4.78 is 37.9. The number of sulfone groups is 1. The monoisotopic (exact) mass is 436 g/mol. The number of H-pyrrole nitrogens is 1. The van der Waals surface area contributed by atoms with E-state index < -0.39 is 21.9 Å². The van der Waals surface area contributed by atoms with Crippen LogP contribution in [-0.4, -0.2) is 42.7 Å². The van der Waals surface area contributed by atoms with Crippen LogP contribution >= 0.6 is 12.6 Å². The number of imidazole rings is 1. The number of aryl methyl sites for hydroxylation is 2. The maximum absolute atomic E-state index is 13.6. The molecule has 0 saturated heterocycles. The number of carboxylic acid groups (broad SMARTS) is 1. The smallest absolute Gasteiger partial charge is 0.344 e. The van der Waals surface area contributed by atoms with Gasteiger partial charge in [-0.15, -0.1) is 12.6 Å². The summed E-state index contributed by atoms with van der Waals surface area (Å²) >= 11 is 4.17. The number of aliphatic carboxylic acids is 1. The molecule has 0 bridgehead atoms. The van der Waals surface area contributed by atoms with Crippen LogP contribution in [0.4, 0.5) is 0 Å². The van der Waals surface area contributed by atoms with E-state index in [1.54, 1.807) is 26.0 Å². The minimum Gasteiger partial charge on any atom is -0.495 e. The molecule has 2 aromatic carbocycles. The van der Waals surface area contributed by atoms with Crippen molar-refractivity contribution in [3.05, 3.63) is 35.4 Å². The Balaban J connectivity index is 2.21. The van der Waals surface area contributed by atoms with Crippen LogP contribution in [0.3, 0.4) is 0 Å². The van der Waals surface area contributed by atoms with Gasteiger partial charge in [0.2, 0.25) is 9.84 Å². The molecular weight excluding hydrogens is 416 g/mol. The molecule has 1 atom stereocenters. The standard InChI is InChI=1S/C19H20N2O6S2/c1-9-7-12(27-11(3)18(22)23)8-10(2)16(9)29(24,25)17-14(26-4)6-5-13-15(17)21-19(28)20-13/h5-8,11H,1-4H3,(H,22,23)(H2,20,21,28). The van der Waals surface area contributed by atoms with Gasteiger partial charge in [-0.25, -0.2) is 18.2 Å². The minimum absolute atomic E-state index is 0.0622. The summed E-state index contributed by atoms with van der Waals surface area (Å²) in [6.45, 7) is 4.65. The lowest BCUT2D eigenvalue weighted by molar-refractivity contribution is -0.144. The Morgan fingerprint density at radius 1 is 1.21 bits per heavy atom. The van der Waals surface area contributed by atoms with Gasteiger partial charge >= 0.3 is 5.97 Å². The molecule has 29 heavy (non-hydrogen) atoms. The number of ether oxygens (including phenoxy) is 2. The van der Waals surface area contributed by atoms with Gasteiger partial charge in [0.1, 0.15) is 21.9 Å². The third-order valence-corrected chi connectivity index (χ3v) is 6.74. The fourth-order valence-electron chi connectivity index (χ4n) is 3.20. The number of carboxylic acids is 1. The van der Waals surface area contributed by atoms with Crippen LogP contribution in [0.2, 0.25) is 0 Å². The normalized spacial score (nSPS) is 12.7. The molecule has 10 heteroatoms. The Morgan fingerprint density at radius 2 is 1.83 bits per heavy atom. The second kappa shape index (κ2) is 7.60. The van der Waals surface area contributed by atoms with Gasteiger partial charge < -0.3 is 19.6 Å². The van der Waals surface area contributed by atoms with Gasteiger partial charge in [0.05, 0.1) is 17.5 Å². The fraction of sp³-hybridized carbons (Fsp3) is 0.263. The third-order valence-electron chi connectivity index (χ3n) is 4.41. The lowest BCUT2D eigenvalue weighted by Crippen LogP contribution is -2.23. The number of thiol groups is 1. The number of benzene rings is 2. The highest BCUT2D eigenvalue weighted by molar-refractivity contribution is 7.92. The molecule has 0 spiro atoms.